The molecule has 1 aromatic rings. The zero-order valence-electron chi connectivity index (χ0n) is 8.39. The van der Waals surface area contributed by atoms with Crippen LogP contribution in [0.3, 0.4) is 0 Å². The van der Waals surface area contributed by atoms with E-state index in [0.29, 0.717) is 0 Å². The highest BCUT2D eigenvalue weighted by Crippen LogP contribution is 2.34. The SMILES string of the molecule is C=CC(C)(Br)c1cccc(C)c1C. The third-order valence-electron chi connectivity index (χ3n) is 2.51. The maximum Gasteiger partial charge on any atom is 0.0657 e. The van der Waals surface area contributed by atoms with Crippen molar-refractivity contribution in [3.05, 3.63) is 47.5 Å². The molecule has 0 saturated carbocycles. The van der Waals surface area contributed by atoms with Crippen LogP contribution in [0.4, 0.5) is 0 Å². The van der Waals surface area contributed by atoms with E-state index in [-0.39, 0.29) is 4.32 Å². The van der Waals surface area contributed by atoms with E-state index in [4.69, 9.17) is 0 Å². The fourth-order valence-corrected chi connectivity index (χ4v) is 1.82. The van der Waals surface area contributed by atoms with Crippen molar-refractivity contribution < 1.29 is 0 Å². The van der Waals surface area contributed by atoms with E-state index >= 15 is 0 Å². The average molecular weight is 239 g/mol. The van der Waals surface area contributed by atoms with E-state index in [1.807, 2.05) is 6.08 Å². The first-order chi connectivity index (χ1) is 5.99. The van der Waals surface area contributed by atoms with Gasteiger partial charge >= 0.3 is 0 Å². The second kappa shape index (κ2) is 3.67. The first kappa shape index (κ1) is 10.5. The smallest absolute Gasteiger partial charge is 0.0657 e. The predicted octanol–water partition coefficient (Wildman–Crippen LogP) is 4.10. The average Bonchev–Trinajstić information content (AvgIpc) is 2.09. The van der Waals surface area contributed by atoms with Crippen molar-refractivity contribution in [3.63, 3.8) is 0 Å². The van der Waals surface area contributed by atoms with Gasteiger partial charge in [-0.1, -0.05) is 40.2 Å². The summed E-state index contributed by atoms with van der Waals surface area (Å²) < 4.78 is -0.108. The van der Waals surface area contributed by atoms with E-state index in [9.17, 15) is 0 Å². The Kier molecular flexibility index (Phi) is 2.97. The van der Waals surface area contributed by atoms with Crippen LogP contribution in [0.25, 0.3) is 0 Å². The van der Waals surface area contributed by atoms with Gasteiger partial charge in [-0.25, -0.2) is 0 Å². The van der Waals surface area contributed by atoms with Gasteiger partial charge in [0, 0.05) is 0 Å². The number of rotatable bonds is 2. The molecular weight excluding hydrogens is 224 g/mol. The van der Waals surface area contributed by atoms with Gasteiger partial charge in [0.1, 0.15) is 0 Å². The Morgan fingerprint density at radius 2 is 2.00 bits per heavy atom. The largest absolute Gasteiger partial charge is 0.101 e. The molecule has 70 valence electrons. The molecule has 1 unspecified atom stereocenters. The molecule has 0 aliphatic carbocycles. The van der Waals surface area contributed by atoms with Crippen molar-refractivity contribution in [2.45, 2.75) is 25.1 Å². The van der Waals surface area contributed by atoms with Crippen molar-refractivity contribution in [2.75, 3.05) is 0 Å². The van der Waals surface area contributed by atoms with E-state index in [0.717, 1.165) is 0 Å². The lowest BCUT2D eigenvalue weighted by molar-refractivity contribution is 0.889. The van der Waals surface area contributed by atoms with E-state index < -0.39 is 0 Å². The van der Waals surface area contributed by atoms with Crippen LogP contribution in [0.2, 0.25) is 0 Å². The van der Waals surface area contributed by atoms with Crippen LogP contribution in [-0.2, 0) is 4.32 Å². The maximum atomic E-state index is 3.83. The number of benzene rings is 1. The molecule has 0 spiro atoms. The van der Waals surface area contributed by atoms with Crippen LogP contribution in [0.5, 0.6) is 0 Å². The van der Waals surface area contributed by atoms with Crippen molar-refractivity contribution in [3.8, 4) is 0 Å². The summed E-state index contributed by atoms with van der Waals surface area (Å²) in [5.74, 6) is 0. The first-order valence-electron chi connectivity index (χ1n) is 4.38. The minimum absolute atomic E-state index is 0.108. The Balaban J connectivity index is 3.30. The Morgan fingerprint density at radius 1 is 1.38 bits per heavy atom. The quantitative estimate of drug-likeness (QED) is 0.538. The molecule has 0 N–H and O–H groups in total. The van der Waals surface area contributed by atoms with Crippen molar-refractivity contribution in [1.82, 2.24) is 0 Å². The van der Waals surface area contributed by atoms with Crippen molar-refractivity contribution in [2.24, 2.45) is 0 Å². The summed E-state index contributed by atoms with van der Waals surface area (Å²) in [6.07, 6.45) is 1.93. The molecule has 13 heavy (non-hydrogen) atoms. The molecule has 0 bridgehead atoms. The van der Waals surface area contributed by atoms with E-state index in [1.165, 1.54) is 16.7 Å². The Morgan fingerprint density at radius 3 is 2.54 bits per heavy atom. The minimum atomic E-state index is -0.108. The molecule has 1 atom stereocenters. The standard InChI is InChI=1S/C12H15Br/c1-5-12(4,13)11-8-6-7-9(2)10(11)3/h5-8H,1H2,2-4H3. The summed E-state index contributed by atoms with van der Waals surface area (Å²) >= 11 is 3.66. The van der Waals surface area contributed by atoms with Crippen LogP contribution in [-0.4, -0.2) is 0 Å². The number of halogens is 1. The number of alkyl halides is 1. The minimum Gasteiger partial charge on any atom is -0.101 e. The molecule has 0 saturated heterocycles. The molecule has 0 aromatic heterocycles. The molecule has 0 nitrogen and oxygen atoms in total. The highest BCUT2D eigenvalue weighted by atomic mass is 79.9. The Hall–Kier alpha value is -0.560. The highest BCUT2D eigenvalue weighted by molar-refractivity contribution is 9.09. The molecule has 0 aliphatic rings. The monoisotopic (exact) mass is 238 g/mol. The Bertz CT molecular complexity index is 324. The van der Waals surface area contributed by atoms with Crippen LogP contribution in [0.15, 0.2) is 30.9 Å². The van der Waals surface area contributed by atoms with Crippen LogP contribution < -0.4 is 0 Å². The molecule has 0 heterocycles. The Labute approximate surface area is 88.8 Å². The van der Waals surface area contributed by atoms with Crippen molar-refractivity contribution >= 4 is 15.9 Å². The summed E-state index contributed by atoms with van der Waals surface area (Å²) in [4.78, 5) is 0. The molecule has 0 radical (unpaired) electrons. The summed E-state index contributed by atoms with van der Waals surface area (Å²) in [5, 5.41) is 0. The number of hydrogen-bond donors (Lipinski definition) is 0. The molecule has 0 fully saturated rings. The van der Waals surface area contributed by atoms with Gasteiger partial charge in [0.25, 0.3) is 0 Å². The molecular formula is C12H15Br. The van der Waals surface area contributed by atoms with Gasteiger partial charge in [-0.05, 0) is 37.5 Å². The number of allylic oxidation sites excluding steroid dienone is 1. The third kappa shape index (κ3) is 2.02. The third-order valence-corrected chi connectivity index (χ3v) is 3.27. The van der Waals surface area contributed by atoms with Gasteiger partial charge in [-0.15, -0.1) is 6.58 Å². The molecule has 1 aromatic carbocycles. The molecule has 0 amide bonds. The first-order valence-corrected chi connectivity index (χ1v) is 5.17. The topological polar surface area (TPSA) is 0 Å². The van der Waals surface area contributed by atoms with Crippen molar-refractivity contribution in [1.29, 1.82) is 0 Å². The molecule has 0 aliphatic heterocycles. The van der Waals surface area contributed by atoms with Gasteiger partial charge in [0.05, 0.1) is 4.32 Å². The van der Waals surface area contributed by atoms with Gasteiger partial charge in [0.15, 0.2) is 0 Å². The summed E-state index contributed by atoms with van der Waals surface area (Å²) in [5.41, 5.74) is 3.95. The lowest BCUT2D eigenvalue weighted by atomic mass is 9.93. The second-order valence-corrected chi connectivity index (χ2v) is 5.17. The number of hydrogen-bond acceptors (Lipinski definition) is 0. The molecule has 1 heteroatoms. The van der Waals surface area contributed by atoms with Gasteiger partial charge in [-0.2, -0.15) is 0 Å². The van der Waals surface area contributed by atoms with Crippen LogP contribution >= 0.6 is 15.9 Å². The normalized spacial score (nSPS) is 15.1. The van der Waals surface area contributed by atoms with Gasteiger partial charge in [0.2, 0.25) is 0 Å². The lowest BCUT2D eigenvalue weighted by Crippen LogP contribution is -2.11. The zero-order chi connectivity index (χ0) is 10.1. The zero-order valence-corrected chi connectivity index (χ0v) is 9.98. The van der Waals surface area contributed by atoms with E-state index in [2.05, 4.69) is 61.5 Å². The van der Waals surface area contributed by atoms with Gasteiger partial charge in [-0.3, -0.25) is 0 Å². The second-order valence-electron chi connectivity index (χ2n) is 3.53. The molecule has 1 rings (SSSR count). The maximum absolute atomic E-state index is 3.83. The number of aryl methyl sites for hydroxylation is 1. The lowest BCUT2D eigenvalue weighted by Gasteiger charge is -2.21. The fraction of sp³-hybridized carbons (Fsp3) is 0.333. The fourth-order valence-electron chi connectivity index (χ4n) is 1.39. The summed E-state index contributed by atoms with van der Waals surface area (Å²) in [6.45, 7) is 10.2. The summed E-state index contributed by atoms with van der Waals surface area (Å²) in [7, 11) is 0. The van der Waals surface area contributed by atoms with Crippen LogP contribution in [0.1, 0.15) is 23.6 Å². The van der Waals surface area contributed by atoms with Crippen LogP contribution in [0, 0.1) is 13.8 Å². The van der Waals surface area contributed by atoms with Gasteiger partial charge < -0.3 is 0 Å². The highest BCUT2D eigenvalue weighted by Gasteiger charge is 2.20. The predicted molar refractivity (Wildman–Crippen MR) is 62.4 cm³/mol. The summed E-state index contributed by atoms with van der Waals surface area (Å²) in [6, 6.07) is 6.35. The van der Waals surface area contributed by atoms with E-state index in [1.54, 1.807) is 0 Å².